The van der Waals surface area contributed by atoms with Crippen LogP contribution in [-0.4, -0.2) is 71.2 Å². The van der Waals surface area contributed by atoms with Crippen molar-refractivity contribution in [3.05, 3.63) is 0 Å². The van der Waals surface area contributed by atoms with Crippen LogP contribution in [0.3, 0.4) is 0 Å². The second-order valence-corrected chi connectivity index (χ2v) is 9.36. The van der Waals surface area contributed by atoms with Crippen molar-refractivity contribution in [2.75, 3.05) is 20.2 Å². The zero-order chi connectivity index (χ0) is 22.1. The fourth-order valence-corrected chi connectivity index (χ4v) is 5.92. The molecule has 0 aromatic rings. The molecule has 3 heterocycles. The number of likely N-dealkylation sites (tertiary alicyclic amines) is 1. The number of nitrogens with one attached hydrogen (secondary N) is 2. The van der Waals surface area contributed by atoms with Crippen LogP contribution in [0.1, 0.15) is 65.7 Å². The van der Waals surface area contributed by atoms with Gasteiger partial charge >= 0.3 is 0 Å². The maximum absolute atomic E-state index is 13.6. The lowest BCUT2D eigenvalue weighted by atomic mass is 9.66. The van der Waals surface area contributed by atoms with E-state index in [0.29, 0.717) is 32.2 Å². The molecule has 6 atom stereocenters. The Bertz CT molecular complexity index is 686. The molecule has 3 saturated heterocycles. The van der Waals surface area contributed by atoms with Gasteiger partial charge in [0.25, 0.3) is 0 Å². The van der Waals surface area contributed by atoms with Gasteiger partial charge in [0.15, 0.2) is 0 Å². The first kappa shape index (κ1) is 23.0. The number of aliphatic hydroxyl groups is 1. The number of carbonyl (C=O) groups is 3. The molecule has 1 spiro atoms. The molecule has 3 fully saturated rings. The van der Waals surface area contributed by atoms with Crippen molar-refractivity contribution in [3.8, 4) is 0 Å². The summed E-state index contributed by atoms with van der Waals surface area (Å²) < 4.78 is 6.49. The van der Waals surface area contributed by atoms with E-state index in [1.54, 1.807) is 11.9 Å². The van der Waals surface area contributed by atoms with E-state index in [2.05, 4.69) is 17.6 Å². The standard InChI is InChI=1S/C22H37N3O5/c1-5-9-14(2)24-19(28)17-22-11-10-21(3,30-22)15(18(27)23-4)16(22)20(29)25(17)12-7-6-8-13-26/h14-17,26H,5-13H2,1-4H3,(H,23,27)(H,24,28)/t14?,15-,16-,17?,21+,22?/m0/s1. The summed E-state index contributed by atoms with van der Waals surface area (Å²) >= 11 is 0. The molecule has 0 aromatic carbocycles. The molecule has 8 nitrogen and oxygen atoms in total. The minimum atomic E-state index is -0.948. The van der Waals surface area contributed by atoms with E-state index in [1.807, 2.05) is 13.8 Å². The van der Waals surface area contributed by atoms with Crippen LogP contribution in [0.5, 0.6) is 0 Å². The number of hydrogen-bond acceptors (Lipinski definition) is 5. The normalized spacial score (nSPS) is 35.4. The predicted octanol–water partition coefficient (Wildman–Crippen LogP) is 0.965. The molecule has 3 aliphatic heterocycles. The molecule has 0 radical (unpaired) electrons. The van der Waals surface area contributed by atoms with Crippen molar-refractivity contribution in [2.24, 2.45) is 11.8 Å². The zero-order valence-corrected chi connectivity index (χ0v) is 18.7. The first-order valence-electron chi connectivity index (χ1n) is 11.4. The molecule has 3 amide bonds. The van der Waals surface area contributed by atoms with Crippen molar-refractivity contribution in [1.29, 1.82) is 0 Å². The van der Waals surface area contributed by atoms with Crippen LogP contribution in [0.15, 0.2) is 0 Å². The number of ether oxygens (including phenoxy) is 1. The number of hydrogen-bond donors (Lipinski definition) is 3. The van der Waals surface area contributed by atoms with Gasteiger partial charge in [-0.25, -0.2) is 0 Å². The second kappa shape index (κ2) is 8.83. The fourth-order valence-electron chi connectivity index (χ4n) is 5.92. The molecule has 3 aliphatic rings. The van der Waals surface area contributed by atoms with E-state index in [0.717, 1.165) is 19.3 Å². The van der Waals surface area contributed by atoms with Crippen LogP contribution in [0.2, 0.25) is 0 Å². The highest BCUT2D eigenvalue weighted by Crippen LogP contribution is 2.63. The fraction of sp³-hybridized carbons (Fsp3) is 0.864. The molecule has 2 bridgehead atoms. The number of unbranched alkanes of at least 4 members (excludes halogenated alkanes) is 2. The summed E-state index contributed by atoms with van der Waals surface area (Å²) in [5, 5.41) is 14.8. The first-order chi connectivity index (χ1) is 14.3. The monoisotopic (exact) mass is 423 g/mol. The highest BCUT2D eigenvalue weighted by atomic mass is 16.5. The van der Waals surface area contributed by atoms with Crippen LogP contribution in [0.25, 0.3) is 0 Å². The molecular formula is C22H37N3O5. The molecule has 30 heavy (non-hydrogen) atoms. The average molecular weight is 424 g/mol. The second-order valence-electron chi connectivity index (χ2n) is 9.36. The van der Waals surface area contributed by atoms with Gasteiger partial charge in [0.1, 0.15) is 11.6 Å². The summed E-state index contributed by atoms with van der Waals surface area (Å²) in [6.45, 7) is 6.48. The third kappa shape index (κ3) is 3.62. The molecule has 3 rings (SSSR count). The minimum Gasteiger partial charge on any atom is -0.396 e. The van der Waals surface area contributed by atoms with Crippen molar-refractivity contribution in [1.82, 2.24) is 15.5 Å². The van der Waals surface area contributed by atoms with E-state index >= 15 is 0 Å². The van der Waals surface area contributed by atoms with Gasteiger partial charge in [0.05, 0.1) is 17.4 Å². The molecule has 0 aliphatic carbocycles. The van der Waals surface area contributed by atoms with Crippen molar-refractivity contribution < 1.29 is 24.2 Å². The summed E-state index contributed by atoms with van der Waals surface area (Å²) in [6, 6.07) is -0.715. The number of nitrogens with zero attached hydrogens (tertiary/aromatic N) is 1. The van der Waals surface area contributed by atoms with Crippen LogP contribution >= 0.6 is 0 Å². The molecule has 170 valence electrons. The highest BCUT2D eigenvalue weighted by molar-refractivity contribution is 5.99. The molecule has 3 N–H and O–H groups in total. The summed E-state index contributed by atoms with van der Waals surface area (Å²) in [5.74, 6) is -1.76. The number of aliphatic hydroxyl groups excluding tert-OH is 1. The Morgan fingerprint density at radius 2 is 2.00 bits per heavy atom. The SMILES string of the molecule is CCCC(C)NC(=O)C1N(CCCCCO)C(=O)[C@@H]2[C@@H](C(=O)NC)[C@@]3(C)CCC12O3. The number of amides is 3. The Kier molecular flexibility index (Phi) is 6.77. The van der Waals surface area contributed by atoms with Crippen LogP contribution in [0, 0.1) is 11.8 Å². The lowest BCUT2D eigenvalue weighted by molar-refractivity contribution is -0.146. The Balaban J connectivity index is 1.92. The Morgan fingerprint density at radius 1 is 1.27 bits per heavy atom. The van der Waals surface area contributed by atoms with Crippen LogP contribution in [-0.2, 0) is 19.1 Å². The average Bonchev–Trinajstić information content (AvgIpc) is 3.26. The number of carbonyl (C=O) groups excluding carboxylic acids is 3. The van der Waals surface area contributed by atoms with E-state index in [-0.39, 0.29) is 30.4 Å². The lowest BCUT2D eigenvalue weighted by Crippen LogP contribution is -2.56. The molecule has 0 saturated carbocycles. The Hall–Kier alpha value is -1.67. The summed E-state index contributed by atoms with van der Waals surface area (Å²) in [5.41, 5.74) is -1.67. The van der Waals surface area contributed by atoms with Gasteiger partial charge in [-0.05, 0) is 52.4 Å². The maximum atomic E-state index is 13.6. The molecule has 3 unspecified atom stereocenters. The zero-order valence-electron chi connectivity index (χ0n) is 18.7. The number of fused-ring (bicyclic) bond motifs is 1. The molecule has 8 heteroatoms. The van der Waals surface area contributed by atoms with Crippen molar-refractivity contribution in [2.45, 2.75) is 89.0 Å². The van der Waals surface area contributed by atoms with E-state index in [9.17, 15) is 14.4 Å². The van der Waals surface area contributed by atoms with Crippen LogP contribution in [0.4, 0.5) is 0 Å². The minimum absolute atomic E-state index is 0.00761. The smallest absolute Gasteiger partial charge is 0.246 e. The van der Waals surface area contributed by atoms with Gasteiger partial charge in [-0.2, -0.15) is 0 Å². The molecular weight excluding hydrogens is 386 g/mol. The maximum Gasteiger partial charge on any atom is 0.246 e. The van der Waals surface area contributed by atoms with E-state index < -0.39 is 29.1 Å². The van der Waals surface area contributed by atoms with Gasteiger partial charge in [-0.1, -0.05) is 13.3 Å². The van der Waals surface area contributed by atoms with Gasteiger partial charge in [-0.15, -0.1) is 0 Å². The lowest BCUT2D eigenvalue weighted by Gasteiger charge is -2.34. The number of rotatable bonds is 10. The summed E-state index contributed by atoms with van der Waals surface area (Å²) in [7, 11) is 1.58. The topological polar surface area (TPSA) is 108 Å². The third-order valence-electron chi connectivity index (χ3n) is 7.22. The van der Waals surface area contributed by atoms with E-state index in [1.165, 1.54) is 0 Å². The highest BCUT2D eigenvalue weighted by Gasteiger charge is 2.77. The first-order valence-corrected chi connectivity index (χ1v) is 11.4. The van der Waals surface area contributed by atoms with Gasteiger partial charge in [0, 0.05) is 26.2 Å². The largest absolute Gasteiger partial charge is 0.396 e. The quantitative estimate of drug-likeness (QED) is 0.454. The predicted molar refractivity (Wildman–Crippen MR) is 111 cm³/mol. The molecule has 0 aromatic heterocycles. The van der Waals surface area contributed by atoms with Crippen molar-refractivity contribution >= 4 is 17.7 Å². The third-order valence-corrected chi connectivity index (χ3v) is 7.22. The van der Waals surface area contributed by atoms with Crippen molar-refractivity contribution in [3.63, 3.8) is 0 Å². The summed E-state index contributed by atoms with van der Waals surface area (Å²) in [6.07, 6.45) is 5.20. The van der Waals surface area contributed by atoms with Crippen LogP contribution < -0.4 is 10.6 Å². The van der Waals surface area contributed by atoms with E-state index in [4.69, 9.17) is 9.84 Å². The Labute approximate surface area is 179 Å². The summed E-state index contributed by atoms with van der Waals surface area (Å²) in [4.78, 5) is 41.4. The van der Waals surface area contributed by atoms with Gasteiger partial charge in [-0.3, -0.25) is 14.4 Å². The van der Waals surface area contributed by atoms with Gasteiger partial charge < -0.3 is 25.4 Å². The Morgan fingerprint density at radius 3 is 2.63 bits per heavy atom. The van der Waals surface area contributed by atoms with Gasteiger partial charge in [0.2, 0.25) is 17.7 Å².